The van der Waals surface area contributed by atoms with Gasteiger partial charge < -0.3 is 10.2 Å². The van der Waals surface area contributed by atoms with Crippen molar-refractivity contribution in [2.45, 2.75) is 4.90 Å². The van der Waals surface area contributed by atoms with Gasteiger partial charge in [-0.2, -0.15) is 0 Å². The molecular weight excluding hydrogens is 342 g/mol. The second-order valence-electron chi connectivity index (χ2n) is 5.47. The summed E-state index contributed by atoms with van der Waals surface area (Å²) in [6, 6.07) is 12.1. The first kappa shape index (κ1) is 18.6. The van der Waals surface area contributed by atoms with Crippen molar-refractivity contribution in [3.05, 3.63) is 59.7 Å². The van der Waals surface area contributed by atoms with Crippen LogP contribution in [0.1, 0.15) is 20.7 Å². The van der Waals surface area contributed by atoms with Crippen LogP contribution in [-0.2, 0) is 10.0 Å². The first-order valence-corrected chi connectivity index (χ1v) is 8.89. The van der Waals surface area contributed by atoms with E-state index in [2.05, 4.69) is 10.0 Å². The van der Waals surface area contributed by atoms with Crippen LogP contribution in [0.15, 0.2) is 53.4 Å². The fraction of sp³-hybridized carbons (Fsp3) is 0.176. The van der Waals surface area contributed by atoms with Crippen LogP contribution in [0, 0.1) is 0 Å². The average molecular weight is 361 g/mol. The summed E-state index contributed by atoms with van der Waals surface area (Å²) in [6.45, 7) is 0. The maximum atomic E-state index is 12.3. The van der Waals surface area contributed by atoms with Gasteiger partial charge in [-0.3, -0.25) is 9.59 Å². The monoisotopic (exact) mass is 361 g/mol. The van der Waals surface area contributed by atoms with Gasteiger partial charge in [0.1, 0.15) is 0 Å². The van der Waals surface area contributed by atoms with Crippen LogP contribution in [0.3, 0.4) is 0 Å². The highest BCUT2D eigenvalue weighted by molar-refractivity contribution is 7.89. The molecule has 0 radical (unpaired) electrons. The summed E-state index contributed by atoms with van der Waals surface area (Å²) >= 11 is 0. The largest absolute Gasteiger partial charge is 0.345 e. The average Bonchev–Trinajstić information content (AvgIpc) is 2.61. The SMILES string of the molecule is CNS(=O)(=O)c1ccc(C(=O)Nc2cccc(C(=O)N(C)C)c2)cc1. The molecule has 0 spiro atoms. The van der Waals surface area contributed by atoms with E-state index < -0.39 is 15.9 Å². The summed E-state index contributed by atoms with van der Waals surface area (Å²) in [5.41, 5.74) is 1.24. The summed E-state index contributed by atoms with van der Waals surface area (Å²) in [4.78, 5) is 25.8. The summed E-state index contributed by atoms with van der Waals surface area (Å²) in [5.74, 6) is -0.569. The van der Waals surface area contributed by atoms with E-state index >= 15 is 0 Å². The molecule has 0 heterocycles. The third-order valence-electron chi connectivity index (χ3n) is 3.47. The number of benzene rings is 2. The summed E-state index contributed by atoms with van der Waals surface area (Å²) in [6.07, 6.45) is 0. The number of carbonyl (C=O) groups excluding carboxylic acids is 2. The lowest BCUT2D eigenvalue weighted by molar-refractivity contribution is 0.0827. The van der Waals surface area contributed by atoms with Crippen molar-refractivity contribution < 1.29 is 18.0 Å². The highest BCUT2D eigenvalue weighted by Gasteiger charge is 2.13. The number of nitrogens with one attached hydrogen (secondary N) is 2. The highest BCUT2D eigenvalue weighted by atomic mass is 32.2. The lowest BCUT2D eigenvalue weighted by Gasteiger charge is -2.12. The zero-order chi connectivity index (χ0) is 18.6. The number of hydrogen-bond acceptors (Lipinski definition) is 4. The van der Waals surface area contributed by atoms with Gasteiger partial charge in [-0.25, -0.2) is 13.1 Å². The predicted octanol–water partition coefficient (Wildman–Crippen LogP) is 1.55. The van der Waals surface area contributed by atoms with Crippen molar-refractivity contribution in [1.29, 1.82) is 0 Å². The summed E-state index contributed by atoms with van der Waals surface area (Å²) < 4.78 is 25.6. The zero-order valence-electron chi connectivity index (χ0n) is 14.1. The highest BCUT2D eigenvalue weighted by Crippen LogP contribution is 2.15. The van der Waals surface area contributed by atoms with Gasteiger partial charge in [0, 0.05) is 30.9 Å². The molecule has 0 unspecified atom stereocenters. The molecule has 2 amide bonds. The number of carbonyl (C=O) groups is 2. The third kappa shape index (κ3) is 4.43. The van der Waals surface area contributed by atoms with E-state index in [4.69, 9.17) is 0 Å². The van der Waals surface area contributed by atoms with Gasteiger partial charge >= 0.3 is 0 Å². The third-order valence-corrected chi connectivity index (χ3v) is 4.90. The van der Waals surface area contributed by atoms with E-state index in [0.717, 1.165) is 0 Å². The van der Waals surface area contributed by atoms with Gasteiger partial charge in [0.25, 0.3) is 11.8 Å². The van der Waals surface area contributed by atoms with Crippen LogP contribution in [0.5, 0.6) is 0 Å². The van der Waals surface area contributed by atoms with Crippen LogP contribution < -0.4 is 10.0 Å². The molecule has 2 aromatic carbocycles. The Hall–Kier alpha value is -2.71. The summed E-state index contributed by atoms with van der Waals surface area (Å²) in [7, 11) is 1.07. The molecule has 0 aliphatic carbocycles. The van der Waals surface area contributed by atoms with Crippen molar-refractivity contribution in [3.8, 4) is 0 Å². The normalized spacial score (nSPS) is 11.0. The Bertz CT molecular complexity index is 890. The second kappa shape index (κ2) is 7.45. The molecule has 0 aromatic heterocycles. The van der Waals surface area contributed by atoms with Gasteiger partial charge in [-0.05, 0) is 49.5 Å². The Labute approximate surface area is 146 Å². The molecule has 0 bridgehead atoms. The van der Waals surface area contributed by atoms with E-state index in [9.17, 15) is 18.0 Å². The van der Waals surface area contributed by atoms with Gasteiger partial charge in [-0.15, -0.1) is 0 Å². The van der Waals surface area contributed by atoms with Crippen LogP contribution in [-0.4, -0.2) is 46.3 Å². The maximum Gasteiger partial charge on any atom is 0.255 e. The molecule has 132 valence electrons. The minimum atomic E-state index is -3.55. The maximum absolute atomic E-state index is 12.3. The Kier molecular flexibility index (Phi) is 5.55. The Balaban J connectivity index is 2.17. The van der Waals surface area contributed by atoms with Crippen molar-refractivity contribution >= 4 is 27.5 Å². The number of amides is 2. The van der Waals surface area contributed by atoms with E-state index in [0.29, 0.717) is 16.8 Å². The summed E-state index contributed by atoms with van der Waals surface area (Å²) in [5, 5.41) is 2.69. The Morgan fingerprint density at radius 1 is 0.960 bits per heavy atom. The van der Waals surface area contributed by atoms with Crippen molar-refractivity contribution in [3.63, 3.8) is 0 Å². The number of anilines is 1. The zero-order valence-corrected chi connectivity index (χ0v) is 14.9. The molecule has 0 aliphatic rings. The van der Waals surface area contributed by atoms with E-state index in [1.54, 1.807) is 38.4 Å². The molecule has 0 saturated heterocycles. The molecule has 0 saturated carbocycles. The molecular formula is C17H19N3O4S. The second-order valence-corrected chi connectivity index (χ2v) is 7.35. The Morgan fingerprint density at radius 3 is 2.16 bits per heavy atom. The minimum Gasteiger partial charge on any atom is -0.345 e. The van der Waals surface area contributed by atoms with Gasteiger partial charge in [0.15, 0.2) is 0 Å². The van der Waals surface area contributed by atoms with Crippen LogP contribution in [0.2, 0.25) is 0 Å². The molecule has 25 heavy (non-hydrogen) atoms. The van der Waals surface area contributed by atoms with Crippen molar-refractivity contribution in [1.82, 2.24) is 9.62 Å². The van der Waals surface area contributed by atoms with E-state index in [1.807, 2.05) is 0 Å². The van der Waals surface area contributed by atoms with Crippen molar-refractivity contribution in [2.24, 2.45) is 0 Å². The standard InChI is InChI=1S/C17H19N3O4S/c1-18-25(23,24)15-9-7-12(8-10-15)16(21)19-14-6-4-5-13(11-14)17(22)20(2)3/h4-11,18H,1-3H3,(H,19,21). The first-order valence-electron chi connectivity index (χ1n) is 7.41. The van der Waals surface area contributed by atoms with Gasteiger partial charge in [0.2, 0.25) is 10.0 Å². The molecule has 2 rings (SSSR count). The number of hydrogen-bond donors (Lipinski definition) is 2. The topological polar surface area (TPSA) is 95.6 Å². The molecule has 0 fully saturated rings. The fourth-order valence-corrected chi connectivity index (χ4v) is 2.82. The van der Waals surface area contributed by atoms with Crippen molar-refractivity contribution in [2.75, 3.05) is 26.5 Å². The van der Waals surface area contributed by atoms with E-state index in [-0.39, 0.29) is 10.8 Å². The van der Waals surface area contributed by atoms with Gasteiger partial charge in [0.05, 0.1) is 4.90 Å². The number of sulfonamides is 1. The molecule has 0 atom stereocenters. The molecule has 2 aromatic rings. The van der Waals surface area contributed by atoms with Gasteiger partial charge in [-0.1, -0.05) is 6.07 Å². The Morgan fingerprint density at radius 2 is 1.60 bits per heavy atom. The lowest BCUT2D eigenvalue weighted by Crippen LogP contribution is -2.22. The van der Waals surface area contributed by atoms with E-state index in [1.165, 1.54) is 36.2 Å². The van der Waals surface area contributed by atoms with Crippen LogP contribution in [0.25, 0.3) is 0 Å². The smallest absolute Gasteiger partial charge is 0.255 e. The molecule has 0 aliphatic heterocycles. The minimum absolute atomic E-state index is 0.0742. The lowest BCUT2D eigenvalue weighted by atomic mass is 10.1. The molecule has 7 nitrogen and oxygen atoms in total. The fourth-order valence-electron chi connectivity index (χ4n) is 2.09. The van der Waals surface area contributed by atoms with Crippen LogP contribution in [0.4, 0.5) is 5.69 Å². The quantitative estimate of drug-likeness (QED) is 0.845. The number of rotatable bonds is 5. The predicted molar refractivity (Wildman–Crippen MR) is 95.1 cm³/mol. The van der Waals surface area contributed by atoms with Crippen LogP contribution >= 0.6 is 0 Å². The first-order chi connectivity index (χ1) is 11.7. The number of nitrogens with zero attached hydrogens (tertiary/aromatic N) is 1. The molecule has 8 heteroatoms. The molecule has 2 N–H and O–H groups in total.